The number of hydrogen-bond donors (Lipinski definition) is 1. The first-order chi connectivity index (χ1) is 15.7. The van der Waals surface area contributed by atoms with Crippen molar-refractivity contribution < 1.29 is 14.3 Å². The number of nitrogens with zero attached hydrogens (tertiary/aromatic N) is 2. The number of ether oxygens (including phenoxy) is 2. The second-order valence-corrected chi connectivity index (χ2v) is 7.89. The molecule has 166 valence electrons. The van der Waals surface area contributed by atoms with Crippen LogP contribution in [0.15, 0.2) is 78.9 Å². The molecule has 0 aromatic heterocycles. The number of morpholine rings is 1. The molecule has 3 aromatic carbocycles. The van der Waals surface area contributed by atoms with Crippen LogP contribution < -0.4 is 15.0 Å². The molecule has 6 heteroatoms. The molecule has 1 amide bonds. The Morgan fingerprint density at radius 2 is 1.59 bits per heavy atom. The molecule has 6 nitrogen and oxygen atoms in total. The maximum absolute atomic E-state index is 12.6. The number of amides is 1. The van der Waals surface area contributed by atoms with Crippen molar-refractivity contribution in [2.75, 3.05) is 50.1 Å². The molecule has 0 spiro atoms. The lowest BCUT2D eigenvalue weighted by molar-refractivity contribution is -0.117. The van der Waals surface area contributed by atoms with E-state index in [0.717, 1.165) is 43.5 Å². The van der Waals surface area contributed by atoms with Crippen LogP contribution in [0.3, 0.4) is 0 Å². The second-order valence-electron chi connectivity index (χ2n) is 7.89. The van der Waals surface area contributed by atoms with Crippen molar-refractivity contribution in [3.8, 4) is 11.5 Å². The molecule has 1 aliphatic rings. The van der Waals surface area contributed by atoms with Crippen molar-refractivity contribution in [1.29, 1.82) is 0 Å². The van der Waals surface area contributed by atoms with Gasteiger partial charge in [-0.25, -0.2) is 0 Å². The molecule has 0 unspecified atom stereocenters. The normalized spacial score (nSPS) is 13.8. The van der Waals surface area contributed by atoms with Crippen molar-refractivity contribution in [3.05, 3.63) is 84.4 Å². The van der Waals surface area contributed by atoms with E-state index in [0.29, 0.717) is 13.1 Å². The molecule has 0 radical (unpaired) electrons. The van der Waals surface area contributed by atoms with Gasteiger partial charge in [0.2, 0.25) is 5.91 Å². The van der Waals surface area contributed by atoms with Crippen LogP contribution in [-0.4, -0.2) is 50.7 Å². The molecule has 1 aliphatic heterocycles. The highest BCUT2D eigenvalue weighted by atomic mass is 16.5. The maximum atomic E-state index is 12.6. The summed E-state index contributed by atoms with van der Waals surface area (Å²) >= 11 is 0. The summed E-state index contributed by atoms with van der Waals surface area (Å²) in [6.07, 6.45) is 0. The average Bonchev–Trinajstić information content (AvgIpc) is 2.82. The predicted molar refractivity (Wildman–Crippen MR) is 127 cm³/mol. The zero-order valence-electron chi connectivity index (χ0n) is 18.4. The van der Waals surface area contributed by atoms with Gasteiger partial charge in [-0.3, -0.25) is 9.69 Å². The summed E-state index contributed by atoms with van der Waals surface area (Å²) in [5.74, 6) is 1.46. The Balaban J connectivity index is 1.30. The van der Waals surface area contributed by atoms with Crippen molar-refractivity contribution in [2.45, 2.75) is 6.54 Å². The molecule has 1 fully saturated rings. The molecule has 0 bridgehead atoms. The summed E-state index contributed by atoms with van der Waals surface area (Å²) in [6, 6.07) is 25.4. The second kappa shape index (κ2) is 10.8. The van der Waals surface area contributed by atoms with Crippen LogP contribution in [0.25, 0.3) is 0 Å². The van der Waals surface area contributed by atoms with E-state index >= 15 is 0 Å². The van der Waals surface area contributed by atoms with Crippen LogP contribution in [0, 0.1) is 0 Å². The van der Waals surface area contributed by atoms with E-state index in [1.54, 1.807) is 0 Å². The molecular formula is C26H29N3O3. The molecule has 3 aromatic rings. The third-order valence-electron chi connectivity index (χ3n) is 5.31. The predicted octanol–water partition coefficient (Wildman–Crippen LogP) is 4.39. The van der Waals surface area contributed by atoms with Crippen molar-refractivity contribution >= 4 is 17.3 Å². The third-order valence-corrected chi connectivity index (χ3v) is 5.31. The minimum atomic E-state index is -0.0481. The van der Waals surface area contributed by atoms with Gasteiger partial charge < -0.3 is 19.7 Å². The van der Waals surface area contributed by atoms with Gasteiger partial charge >= 0.3 is 0 Å². The van der Waals surface area contributed by atoms with E-state index < -0.39 is 0 Å². The molecule has 0 atom stereocenters. The Hall–Kier alpha value is -3.35. The summed E-state index contributed by atoms with van der Waals surface area (Å²) in [5, 5.41) is 2.96. The van der Waals surface area contributed by atoms with Gasteiger partial charge in [0.1, 0.15) is 11.5 Å². The number of nitrogens with one attached hydrogen (secondary N) is 1. The molecule has 1 N–H and O–H groups in total. The highest BCUT2D eigenvalue weighted by molar-refractivity contribution is 5.92. The Bertz CT molecular complexity index is 1000. The lowest BCUT2D eigenvalue weighted by Gasteiger charge is -2.31. The first-order valence-corrected chi connectivity index (χ1v) is 10.9. The number of benzene rings is 3. The number of anilines is 2. The number of carbonyl (C=O) groups excluding carboxylic acids is 1. The fourth-order valence-electron chi connectivity index (χ4n) is 3.78. The Labute approximate surface area is 189 Å². The van der Waals surface area contributed by atoms with Crippen LogP contribution in [0.2, 0.25) is 0 Å². The summed E-state index contributed by atoms with van der Waals surface area (Å²) in [7, 11) is 1.96. The third kappa shape index (κ3) is 6.09. The number of carbonyl (C=O) groups is 1. The van der Waals surface area contributed by atoms with Gasteiger partial charge in [-0.1, -0.05) is 36.4 Å². The van der Waals surface area contributed by atoms with E-state index in [1.807, 2.05) is 72.6 Å². The quantitative estimate of drug-likeness (QED) is 0.573. The van der Waals surface area contributed by atoms with Gasteiger partial charge in [0.15, 0.2) is 0 Å². The minimum absolute atomic E-state index is 0.0481. The molecule has 1 heterocycles. The summed E-state index contributed by atoms with van der Waals surface area (Å²) in [6.45, 7) is 4.30. The molecule has 4 rings (SSSR count). The van der Waals surface area contributed by atoms with E-state index in [2.05, 4.69) is 28.4 Å². The van der Waals surface area contributed by atoms with Gasteiger partial charge in [-0.15, -0.1) is 0 Å². The van der Waals surface area contributed by atoms with Crippen LogP contribution in [-0.2, 0) is 16.1 Å². The smallest absolute Gasteiger partial charge is 0.238 e. The van der Waals surface area contributed by atoms with Crippen LogP contribution >= 0.6 is 0 Å². The maximum Gasteiger partial charge on any atom is 0.238 e. The number of rotatable bonds is 8. The first-order valence-electron chi connectivity index (χ1n) is 10.9. The summed E-state index contributed by atoms with van der Waals surface area (Å²) in [4.78, 5) is 16.9. The van der Waals surface area contributed by atoms with Gasteiger partial charge in [0.25, 0.3) is 0 Å². The standard InChI is InChI=1S/C26H29N3O3/c1-28(19-21-7-5-6-10-25(21)29-15-17-31-18-16-29)20-26(30)27-22-11-13-24(14-12-22)32-23-8-3-2-4-9-23/h2-14H,15-20H2,1H3,(H,27,30). The highest BCUT2D eigenvalue weighted by Crippen LogP contribution is 2.24. The van der Waals surface area contributed by atoms with E-state index in [9.17, 15) is 4.79 Å². The molecule has 0 aliphatic carbocycles. The van der Waals surface area contributed by atoms with Crippen LogP contribution in [0.4, 0.5) is 11.4 Å². The molecular weight excluding hydrogens is 402 g/mol. The summed E-state index contributed by atoms with van der Waals surface area (Å²) in [5.41, 5.74) is 3.18. The average molecular weight is 432 g/mol. The van der Waals surface area contributed by atoms with E-state index in [1.165, 1.54) is 11.3 Å². The number of likely N-dealkylation sites (N-methyl/N-ethyl adjacent to an activating group) is 1. The highest BCUT2D eigenvalue weighted by Gasteiger charge is 2.16. The fraction of sp³-hybridized carbons (Fsp3) is 0.269. The van der Waals surface area contributed by atoms with Gasteiger partial charge in [-0.2, -0.15) is 0 Å². The van der Waals surface area contributed by atoms with Gasteiger partial charge in [0.05, 0.1) is 19.8 Å². The molecule has 0 saturated carbocycles. The Kier molecular flexibility index (Phi) is 7.38. The van der Waals surface area contributed by atoms with E-state index in [-0.39, 0.29) is 5.91 Å². The van der Waals surface area contributed by atoms with Crippen molar-refractivity contribution in [3.63, 3.8) is 0 Å². The lowest BCUT2D eigenvalue weighted by atomic mass is 10.1. The van der Waals surface area contributed by atoms with Crippen molar-refractivity contribution in [1.82, 2.24) is 4.90 Å². The number of para-hydroxylation sites is 2. The fourth-order valence-corrected chi connectivity index (χ4v) is 3.78. The van der Waals surface area contributed by atoms with Crippen LogP contribution in [0.1, 0.15) is 5.56 Å². The molecule has 1 saturated heterocycles. The topological polar surface area (TPSA) is 54.0 Å². The lowest BCUT2D eigenvalue weighted by Crippen LogP contribution is -2.37. The monoisotopic (exact) mass is 431 g/mol. The Morgan fingerprint density at radius 1 is 0.938 bits per heavy atom. The zero-order valence-corrected chi connectivity index (χ0v) is 18.4. The summed E-state index contributed by atoms with van der Waals surface area (Å²) < 4.78 is 11.3. The zero-order chi connectivity index (χ0) is 22.2. The Morgan fingerprint density at radius 3 is 2.34 bits per heavy atom. The first kappa shape index (κ1) is 21.9. The molecule has 32 heavy (non-hydrogen) atoms. The van der Waals surface area contributed by atoms with Gasteiger partial charge in [0, 0.05) is 31.0 Å². The van der Waals surface area contributed by atoms with Gasteiger partial charge in [-0.05, 0) is 55.1 Å². The minimum Gasteiger partial charge on any atom is -0.457 e. The van der Waals surface area contributed by atoms with Crippen molar-refractivity contribution in [2.24, 2.45) is 0 Å². The largest absolute Gasteiger partial charge is 0.457 e. The number of hydrogen-bond acceptors (Lipinski definition) is 5. The van der Waals surface area contributed by atoms with Crippen LogP contribution in [0.5, 0.6) is 11.5 Å². The van der Waals surface area contributed by atoms with E-state index in [4.69, 9.17) is 9.47 Å². The SMILES string of the molecule is CN(CC(=O)Nc1ccc(Oc2ccccc2)cc1)Cc1ccccc1N1CCOCC1.